The smallest absolute Gasteiger partial charge is 0.243 e. The van der Waals surface area contributed by atoms with Crippen molar-refractivity contribution in [2.24, 2.45) is 0 Å². The number of sulfonamides is 2. The van der Waals surface area contributed by atoms with Gasteiger partial charge in [0, 0.05) is 26.2 Å². The second-order valence-corrected chi connectivity index (χ2v) is 13.7. The fourth-order valence-electron chi connectivity index (χ4n) is 4.41. The Labute approximate surface area is 240 Å². The average Bonchev–Trinajstić information content (AvgIpc) is 3.51. The number of benzene rings is 3. The number of nitrogens with zero attached hydrogens (tertiary/aromatic N) is 2. The van der Waals surface area contributed by atoms with Crippen molar-refractivity contribution in [1.82, 2.24) is 13.9 Å². The first-order valence-corrected chi connectivity index (χ1v) is 16.1. The third-order valence-corrected chi connectivity index (χ3v) is 10.7. The Morgan fingerprint density at radius 3 is 2.20 bits per heavy atom. The maximum atomic E-state index is 13.5. The molecule has 3 aromatic rings. The number of hydrogen-bond donors (Lipinski definition) is 1. The lowest BCUT2D eigenvalue weighted by atomic mass is 10.1. The van der Waals surface area contributed by atoms with Gasteiger partial charge in [0.25, 0.3) is 0 Å². The lowest BCUT2D eigenvalue weighted by Gasteiger charge is -2.22. The summed E-state index contributed by atoms with van der Waals surface area (Å²) in [5, 5.41) is 2.89. The van der Waals surface area contributed by atoms with Gasteiger partial charge >= 0.3 is 0 Å². The summed E-state index contributed by atoms with van der Waals surface area (Å²) in [6.07, 6.45) is 2.12. The highest BCUT2D eigenvalue weighted by Gasteiger charge is 2.28. The molecule has 4 rings (SSSR count). The van der Waals surface area contributed by atoms with Gasteiger partial charge in [-0.25, -0.2) is 16.8 Å². The van der Waals surface area contributed by atoms with Crippen LogP contribution in [0.3, 0.4) is 0 Å². The Hall–Kier alpha value is -2.96. The van der Waals surface area contributed by atoms with E-state index in [1.54, 1.807) is 12.1 Å². The van der Waals surface area contributed by atoms with Crippen LogP contribution in [0.4, 0.5) is 0 Å². The van der Waals surface area contributed by atoms with Crippen molar-refractivity contribution in [2.45, 2.75) is 35.6 Å². The van der Waals surface area contributed by atoms with Crippen molar-refractivity contribution in [2.75, 3.05) is 33.3 Å². The molecule has 12 heteroatoms. The Balaban J connectivity index is 1.45. The van der Waals surface area contributed by atoms with Gasteiger partial charge in [0.2, 0.25) is 26.0 Å². The number of halogens is 1. The van der Waals surface area contributed by atoms with Crippen molar-refractivity contribution >= 4 is 37.6 Å². The van der Waals surface area contributed by atoms with E-state index >= 15 is 0 Å². The van der Waals surface area contributed by atoms with E-state index in [4.69, 9.17) is 16.3 Å². The topological polar surface area (TPSA) is 113 Å². The van der Waals surface area contributed by atoms with E-state index in [2.05, 4.69) is 5.32 Å². The lowest BCUT2D eigenvalue weighted by molar-refractivity contribution is -0.121. The summed E-state index contributed by atoms with van der Waals surface area (Å²) in [6, 6.07) is 19.9. The van der Waals surface area contributed by atoms with Crippen LogP contribution in [-0.2, 0) is 37.8 Å². The van der Waals surface area contributed by atoms with Crippen LogP contribution < -0.4 is 10.1 Å². The molecule has 1 aliphatic rings. The summed E-state index contributed by atoms with van der Waals surface area (Å²) in [5.74, 6) is -0.154. The van der Waals surface area contributed by atoms with E-state index < -0.39 is 32.5 Å². The van der Waals surface area contributed by atoms with E-state index in [1.807, 2.05) is 30.3 Å². The number of methoxy groups -OCH3 is 1. The standard InChI is InChI=1S/C28H32ClN3O6S2/c1-38-27-14-13-25(19-26(27)29)40(36,37)32(18-15-22-7-3-2-4-8-22)21-28(33)30-20-23-9-11-24(12-10-23)39(34,35)31-16-5-6-17-31/h2-4,7-14,19H,5-6,15-18,20-21H2,1H3,(H,30,33). The Morgan fingerprint density at radius 1 is 0.925 bits per heavy atom. The predicted octanol–water partition coefficient (Wildman–Crippen LogP) is 3.68. The minimum atomic E-state index is -4.07. The van der Waals surface area contributed by atoms with Crippen LogP contribution in [0.5, 0.6) is 5.75 Å². The van der Waals surface area contributed by atoms with Crippen LogP contribution in [0.25, 0.3) is 0 Å². The third-order valence-electron chi connectivity index (χ3n) is 6.69. The molecule has 1 fully saturated rings. The second kappa shape index (κ2) is 13.1. The average molecular weight is 606 g/mol. The zero-order chi connectivity index (χ0) is 28.8. The number of amides is 1. The fraction of sp³-hybridized carbons (Fsp3) is 0.321. The van der Waals surface area contributed by atoms with Crippen molar-refractivity contribution in [1.29, 1.82) is 0 Å². The number of ether oxygens (including phenoxy) is 1. The van der Waals surface area contributed by atoms with Crippen LogP contribution >= 0.6 is 11.6 Å². The van der Waals surface area contributed by atoms with Crippen molar-refractivity contribution < 1.29 is 26.4 Å². The molecule has 0 bridgehead atoms. The molecule has 1 aliphatic heterocycles. The molecule has 0 radical (unpaired) electrons. The first kappa shape index (κ1) is 30.0. The number of hydrogen-bond acceptors (Lipinski definition) is 6. The molecule has 214 valence electrons. The summed E-state index contributed by atoms with van der Waals surface area (Å²) in [7, 11) is -6.16. The lowest BCUT2D eigenvalue weighted by Crippen LogP contribution is -2.41. The van der Waals surface area contributed by atoms with E-state index in [0.717, 1.165) is 22.7 Å². The van der Waals surface area contributed by atoms with Gasteiger partial charge in [-0.1, -0.05) is 54.1 Å². The van der Waals surface area contributed by atoms with Gasteiger partial charge in [-0.2, -0.15) is 8.61 Å². The van der Waals surface area contributed by atoms with Crippen molar-refractivity contribution in [3.05, 3.63) is 88.9 Å². The summed E-state index contributed by atoms with van der Waals surface area (Å²) in [6.45, 7) is 0.829. The van der Waals surface area contributed by atoms with E-state index in [9.17, 15) is 21.6 Å². The molecule has 9 nitrogen and oxygen atoms in total. The normalized spacial score (nSPS) is 14.4. The molecule has 0 saturated carbocycles. The summed E-state index contributed by atoms with van der Waals surface area (Å²) < 4.78 is 60.3. The monoisotopic (exact) mass is 605 g/mol. The van der Waals surface area contributed by atoms with Gasteiger partial charge in [-0.15, -0.1) is 0 Å². The fourth-order valence-corrected chi connectivity index (χ4v) is 7.68. The van der Waals surface area contributed by atoms with E-state index in [0.29, 0.717) is 30.8 Å². The summed E-state index contributed by atoms with van der Waals surface area (Å²) in [5.41, 5.74) is 1.62. The Kier molecular flexibility index (Phi) is 9.85. The number of rotatable bonds is 12. The molecule has 1 saturated heterocycles. The summed E-state index contributed by atoms with van der Waals surface area (Å²) >= 11 is 6.19. The van der Waals surface area contributed by atoms with Crippen LogP contribution in [-0.4, -0.2) is 64.6 Å². The van der Waals surface area contributed by atoms with Gasteiger partial charge in [0.05, 0.1) is 28.5 Å². The highest BCUT2D eigenvalue weighted by atomic mass is 35.5. The minimum absolute atomic E-state index is 0.0473. The Morgan fingerprint density at radius 2 is 1.57 bits per heavy atom. The van der Waals surface area contributed by atoms with Gasteiger partial charge in [-0.3, -0.25) is 4.79 Å². The molecule has 0 unspecified atom stereocenters. The van der Waals surface area contributed by atoms with Gasteiger partial charge in [0.15, 0.2) is 0 Å². The van der Waals surface area contributed by atoms with Crippen LogP contribution in [0, 0.1) is 0 Å². The SMILES string of the molecule is COc1ccc(S(=O)(=O)N(CCc2ccccc2)CC(=O)NCc2ccc(S(=O)(=O)N3CCCC3)cc2)cc1Cl. The largest absolute Gasteiger partial charge is 0.495 e. The molecule has 1 N–H and O–H groups in total. The highest BCUT2D eigenvalue weighted by Crippen LogP contribution is 2.28. The maximum absolute atomic E-state index is 13.5. The zero-order valence-corrected chi connectivity index (χ0v) is 24.5. The molecule has 1 heterocycles. The Bertz CT molecular complexity index is 1530. The van der Waals surface area contributed by atoms with E-state index in [-0.39, 0.29) is 27.9 Å². The molecule has 0 spiro atoms. The molecule has 40 heavy (non-hydrogen) atoms. The van der Waals surface area contributed by atoms with Crippen molar-refractivity contribution in [3.63, 3.8) is 0 Å². The minimum Gasteiger partial charge on any atom is -0.495 e. The first-order chi connectivity index (χ1) is 19.1. The van der Waals surface area contributed by atoms with E-state index in [1.165, 1.54) is 41.7 Å². The highest BCUT2D eigenvalue weighted by molar-refractivity contribution is 7.89. The molecular formula is C28H32ClN3O6S2. The van der Waals surface area contributed by atoms with Gasteiger partial charge in [-0.05, 0) is 60.7 Å². The number of carbonyl (C=O) groups excluding carboxylic acids is 1. The quantitative estimate of drug-likeness (QED) is 0.337. The first-order valence-electron chi connectivity index (χ1n) is 12.8. The van der Waals surface area contributed by atoms with Crippen LogP contribution in [0.1, 0.15) is 24.0 Å². The van der Waals surface area contributed by atoms with Crippen molar-refractivity contribution in [3.8, 4) is 5.75 Å². The number of carbonyl (C=O) groups is 1. The molecular weight excluding hydrogens is 574 g/mol. The van der Waals surface area contributed by atoms with Gasteiger partial charge < -0.3 is 10.1 Å². The molecule has 0 aromatic heterocycles. The van der Waals surface area contributed by atoms with Crippen LogP contribution in [0.15, 0.2) is 82.6 Å². The zero-order valence-electron chi connectivity index (χ0n) is 22.1. The number of nitrogens with one attached hydrogen (secondary N) is 1. The molecule has 0 atom stereocenters. The second-order valence-electron chi connectivity index (χ2n) is 9.40. The van der Waals surface area contributed by atoms with Gasteiger partial charge in [0.1, 0.15) is 5.75 Å². The summed E-state index contributed by atoms with van der Waals surface area (Å²) in [4.78, 5) is 13.1. The third kappa shape index (κ3) is 7.21. The predicted molar refractivity (Wildman–Crippen MR) is 153 cm³/mol. The molecule has 0 aliphatic carbocycles. The maximum Gasteiger partial charge on any atom is 0.243 e. The van der Waals surface area contributed by atoms with Crippen LogP contribution in [0.2, 0.25) is 5.02 Å². The molecule has 1 amide bonds. The molecule has 3 aromatic carbocycles.